The summed E-state index contributed by atoms with van der Waals surface area (Å²) in [6, 6.07) is 19.6. The zero-order valence-corrected chi connectivity index (χ0v) is 19.3. The van der Waals surface area contributed by atoms with Crippen molar-refractivity contribution < 1.29 is 14.3 Å². The van der Waals surface area contributed by atoms with E-state index >= 15 is 0 Å². The van der Waals surface area contributed by atoms with Crippen molar-refractivity contribution in [2.75, 3.05) is 32.8 Å². The SMILES string of the molecule is Cc1cccc([C@@H](c2ccccc2)C2CCN(C(=O)N3CC[C@@H]4OCC(=O)N[C@@H]4C3)CC2)c1. The van der Waals surface area contributed by atoms with Gasteiger partial charge in [0.05, 0.1) is 12.1 Å². The van der Waals surface area contributed by atoms with E-state index in [1.807, 2.05) is 9.80 Å². The molecule has 1 N–H and O–H groups in total. The Balaban J connectivity index is 1.25. The molecule has 3 amide bonds. The van der Waals surface area contributed by atoms with Crippen molar-refractivity contribution in [3.8, 4) is 0 Å². The van der Waals surface area contributed by atoms with Gasteiger partial charge in [-0.05, 0) is 43.2 Å². The van der Waals surface area contributed by atoms with E-state index in [0.717, 1.165) is 32.4 Å². The van der Waals surface area contributed by atoms with E-state index in [2.05, 4.69) is 66.8 Å². The Kier molecular flexibility index (Phi) is 6.36. The summed E-state index contributed by atoms with van der Waals surface area (Å²) >= 11 is 0. The lowest BCUT2D eigenvalue weighted by molar-refractivity contribution is -0.139. The van der Waals surface area contributed by atoms with Gasteiger partial charge in [-0.25, -0.2) is 4.79 Å². The van der Waals surface area contributed by atoms with Crippen LogP contribution in [0.5, 0.6) is 0 Å². The molecule has 2 aromatic rings. The molecule has 6 heteroatoms. The number of benzene rings is 2. The minimum absolute atomic E-state index is 0.0263. The normalized spacial score (nSPS) is 24.7. The molecular formula is C27H33N3O3. The van der Waals surface area contributed by atoms with Crippen LogP contribution in [-0.4, -0.2) is 66.7 Å². The van der Waals surface area contributed by atoms with Gasteiger partial charge in [-0.2, -0.15) is 0 Å². The van der Waals surface area contributed by atoms with Crippen LogP contribution in [0, 0.1) is 12.8 Å². The second-order valence-electron chi connectivity index (χ2n) is 9.67. The average Bonchev–Trinajstić information content (AvgIpc) is 2.84. The smallest absolute Gasteiger partial charge is 0.320 e. The van der Waals surface area contributed by atoms with Gasteiger partial charge in [0.2, 0.25) is 5.91 Å². The third kappa shape index (κ3) is 4.76. The number of nitrogens with one attached hydrogen (secondary N) is 1. The first-order chi connectivity index (χ1) is 16.1. The molecule has 3 atom stereocenters. The van der Waals surface area contributed by atoms with Crippen LogP contribution >= 0.6 is 0 Å². The number of amides is 3. The van der Waals surface area contributed by atoms with Crippen molar-refractivity contribution in [2.24, 2.45) is 5.92 Å². The van der Waals surface area contributed by atoms with Crippen LogP contribution in [0.4, 0.5) is 4.79 Å². The Hall–Kier alpha value is -2.86. The molecule has 3 aliphatic heterocycles. The molecule has 0 bridgehead atoms. The Bertz CT molecular complexity index is 987. The van der Waals surface area contributed by atoms with Crippen LogP contribution in [0.25, 0.3) is 0 Å². The number of fused-ring (bicyclic) bond motifs is 1. The number of morpholine rings is 1. The van der Waals surface area contributed by atoms with E-state index < -0.39 is 0 Å². The molecule has 33 heavy (non-hydrogen) atoms. The lowest BCUT2D eigenvalue weighted by Gasteiger charge is -2.44. The van der Waals surface area contributed by atoms with E-state index in [1.165, 1.54) is 16.7 Å². The van der Waals surface area contributed by atoms with Crippen LogP contribution < -0.4 is 5.32 Å². The molecule has 3 aliphatic rings. The van der Waals surface area contributed by atoms with E-state index in [1.54, 1.807) is 0 Å². The largest absolute Gasteiger partial charge is 0.366 e. The molecule has 5 rings (SSSR count). The molecule has 3 heterocycles. The lowest BCUT2D eigenvalue weighted by atomic mass is 9.76. The highest BCUT2D eigenvalue weighted by Gasteiger charge is 2.38. The summed E-state index contributed by atoms with van der Waals surface area (Å²) in [5.74, 6) is 0.748. The fourth-order valence-corrected chi connectivity index (χ4v) is 5.76. The Labute approximate surface area is 195 Å². The number of rotatable bonds is 3. The zero-order chi connectivity index (χ0) is 22.8. The fraction of sp³-hybridized carbons (Fsp3) is 0.481. The highest BCUT2D eigenvalue weighted by atomic mass is 16.5. The molecule has 2 aromatic carbocycles. The summed E-state index contributed by atoms with van der Waals surface area (Å²) in [5, 5.41) is 2.99. The van der Waals surface area contributed by atoms with Crippen molar-refractivity contribution in [3.05, 3.63) is 71.3 Å². The van der Waals surface area contributed by atoms with Crippen LogP contribution in [0.15, 0.2) is 54.6 Å². The maximum atomic E-state index is 13.3. The molecule has 0 saturated carbocycles. The number of nitrogens with zero attached hydrogens (tertiary/aromatic N) is 2. The molecule has 3 fully saturated rings. The third-order valence-electron chi connectivity index (χ3n) is 7.44. The minimum atomic E-state index is -0.0923. The second kappa shape index (κ2) is 9.56. The first kappa shape index (κ1) is 22.0. The van der Waals surface area contributed by atoms with Gasteiger partial charge in [-0.3, -0.25) is 4.79 Å². The molecular weight excluding hydrogens is 414 g/mol. The van der Waals surface area contributed by atoms with Gasteiger partial charge in [0.1, 0.15) is 6.61 Å². The van der Waals surface area contributed by atoms with Crippen molar-refractivity contribution in [2.45, 2.75) is 44.2 Å². The summed E-state index contributed by atoms with van der Waals surface area (Å²) in [6.45, 7) is 5.04. The Morgan fingerprint density at radius 1 is 0.970 bits per heavy atom. The maximum absolute atomic E-state index is 13.3. The van der Waals surface area contributed by atoms with E-state index in [4.69, 9.17) is 4.74 Å². The number of urea groups is 1. The standard InChI is InChI=1S/C27H33N3O3/c1-19-6-5-9-22(16-19)26(20-7-3-2-4-8-20)21-10-13-29(14-11-21)27(32)30-15-12-24-23(17-30)28-25(31)18-33-24/h2-9,16,21,23-24,26H,10-15,17-18H2,1H3,(H,28,31)/t23-,24+,26+/m1/s1. The number of likely N-dealkylation sites (tertiary alicyclic amines) is 2. The molecule has 6 nitrogen and oxygen atoms in total. The van der Waals surface area contributed by atoms with Gasteiger partial charge < -0.3 is 19.9 Å². The van der Waals surface area contributed by atoms with Crippen molar-refractivity contribution in [1.29, 1.82) is 0 Å². The van der Waals surface area contributed by atoms with Crippen LogP contribution in [-0.2, 0) is 9.53 Å². The zero-order valence-electron chi connectivity index (χ0n) is 19.3. The maximum Gasteiger partial charge on any atom is 0.320 e. The minimum Gasteiger partial charge on any atom is -0.366 e. The summed E-state index contributed by atoms with van der Waals surface area (Å²) < 4.78 is 5.64. The van der Waals surface area contributed by atoms with Gasteiger partial charge in [-0.1, -0.05) is 60.2 Å². The number of carbonyl (C=O) groups is 2. The number of piperidine rings is 2. The number of aryl methyl sites for hydroxylation is 1. The monoisotopic (exact) mass is 447 g/mol. The van der Waals surface area contributed by atoms with Crippen molar-refractivity contribution in [3.63, 3.8) is 0 Å². The molecule has 0 spiro atoms. The van der Waals surface area contributed by atoms with Gasteiger partial charge in [0.25, 0.3) is 0 Å². The summed E-state index contributed by atoms with van der Waals surface area (Å²) in [4.78, 5) is 28.9. The predicted octanol–water partition coefficient (Wildman–Crippen LogP) is 3.55. The van der Waals surface area contributed by atoms with Crippen LogP contribution in [0.3, 0.4) is 0 Å². The second-order valence-corrected chi connectivity index (χ2v) is 9.67. The quantitative estimate of drug-likeness (QED) is 0.783. The predicted molar refractivity (Wildman–Crippen MR) is 127 cm³/mol. The van der Waals surface area contributed by atoms with E-state index in [0.29, 0.717) is 24.9 Å². The van der Waals surface area contributed by atoms with Gasteiger partial charge >= 0.3 is 6.03 Å². The number of hydrogen-bond donors (Lipinski definition) is 1. The highest BCUT2D eigenvalue weighted by molar-refractivity contribution is 5.79. The van der Waals surface area contributed by atoms with Crippen LogP contribution in [0.1, 0.15) is 41.9 Å². The number of hydrogen-bond acceptors (Lipinski definition) is 3. The number of carbonyl (C=O) groups excluding carboxylic acids is 2. The average molecular weight is 448 g/mol. The van der Waals surface area contributed by atoms with Crippen molar-refractivity contribution in [1.82, 2.24) is 15.1 Å². The molecule has 0 unspecified atom stereocenters. The third-order valence-corrected chi connectivity index (χ3v) is 7.44. The Morgan fingerprint density at radius 3 is 2.45 bits per heavy atom. The topological polar surface area (TPSA) is 61.9 Å². The highest BCUT2D eigenvalue weighted by Crippen LogP contribution is 2.38. The molecule has 174 valence electrons. The van der Waals surface area contributed by atoms with E-state index in [9.17, 15) is 9.59 Å². The molecule has 0 radical (unpaired) electrons. The summed E-state index contributed by atoms with van der Waals surface area (Å²) in [5.41, 5.74) is 3.99. The van der Waals surface area contributed by atoms with Crippen LogP contribution in [0.2, 0.25) is 0 Å². The lowest BCUT2D eigenvalue weighted by Crippen LogP contribution is -2.62. The Morgan fingerprint density at radius 2 is 1.70 bits per heavy atom. The molecule has 0 aromatic heterocycles. The van der Waals surface area contributed by atoms with Gasteiger partial charge in [0.15, 0.2) is 0 Å². The van der Waals surface area contributed by atoms with E-state index in [-0.39, 0.29) is 30.7 Å². The molecule has 3 saturated heterocycles. The first-order valence-electron chi connectivity index (χ1n) is 12.1. The number of ether oxygens (including phenoxy) is 1. The summed E-state index contributed by atoms with van der Waals surface area (Å²) in [6.07, 6.45) is 2.77. The first-order valence-corrected chi connectivity index (χ1v) is 12.1. The molecule has 0 aliphatic carbocycles. The fourth-order valence-electron chi connectivity index (χ4n) is 5.76. The van der Waals surface area contributed by atoms with Crippen molar-refractivity contribution >= 4 is 11.9 Å². The van der Waals surface area contributed by atoms with Gasteiger partial charge in [0, 0.05) is 32.1 Å². The summed E-state index contributed by atoms with van der Waals surface area (Å²) in [7, 11) is 0. The van der Waals surface area contributed by atoms with Gasteiger partial charge in [-0.15, -0.1) is 0 Å².